The number of hydrogen-bond donors (Lipinski definition) is 1. The summed E-state index contributed by atoms with van der Waals surface area (Å²) in [5, 5.41) is 10.8. The Balaban J connectivity index is 1.55. The topological polar surface area (TPSA) is 104 Å². The van der Waals surface area contributed by atoms with E-state index in [1.807, 2.05) is 6.92 Å². The molecule has 0 saturated heterocycles. The lowest BCUT2D eigenvalue weighted by atomic mass is 10.2. The smallest absolute Gasteiger partial charge is 0.406 e. The minimum atomic E-state index is -4.81. The third-order valence-electron chi connectivity index (χ3n) is 4.51. The fraction of sp³-hybridized carbons (Fsp3) is 0.150. The molecule has 0 fully saturated rings. The fourth-order valence-corrected chi connectivity index (χ4v) is 3.13. The van der Waals surface area contributed by atoms with Crippen LogP contribution in [0, 0.1) is 6.92 Å². The number of fused-ring (bicyclic) bond motifs is 1. The molecule has 33 heavy (non-hydrogen) atoms. The van der Waals surface area contributed by atoms with Crippen molar-refractivity contribution in [2.75, 3.05) is 5.32 Å². The maximum Gasteiger partial charge on any atom is 0.573 e. The van der Waals surface area contributed by atoms with Gasteiger partial charge in [0.05, 0.1) is 5.69 Å². The van der Waals surface area contributed by atoms with E-state index in [1.54, 1.807) is 18.2 Å². The number of aromatic nitrogens is 5. The van der Waals surface area contributed by atoms with Crippen molar-refractivity contribution in [2.45, 2.75) is 19.8 Å². The molecule has 9 nitrogen and oxygen atoms in total. The van der Waals surface area contributed by atoms with Crippen LogP contribution in [0.15, 0.2) is 53.6 Å². The van der Waals surface area contributed by atoms with Gasteiger partial charge in [0.25, 0.3) is 5.56 Å². The highest BCUT2D eigenvalue weighted by Gasteiger charge is 2.31. The zero-order chi connectivity index (χ0) is 23.8. The Hall–Kier alpha value is -3.93. The third-order valence-corrected chi connectivity index (χ3v) is 4.92. The largest absolute Gasteiger partial charge is 0.573 e. The summed E-state index contributed by atoms with van der Waals surface area (Å²) in [5.74, 6) is -0.891. The van der Waals surface area contributed by atoms with Crippen molar-refractivity contribution in [3.05, 3.63) is 69.7 Å². The molecule has 2 aromatic heterocycles. The molecule has 0 aliphatic heterocycles. The summed E-state index contributed by atoms with van der Waals surface area (Å²) >= 11 is 6.05. The SMILES string of the molecule is Cc1ccc(NC(=O)Cn2cnc3c(nnn3-c3ccc(OC(F)(F)F)cc3)c2=O)cc1Cl. The van der Waals surface area contributed by atoms with Gasteiger partial charge in [0.2, 0.25) is 5.91 Å². The number of nitrogens with zero attached hydrogens (tertiary/aromatic N) is 5. The van der Waals surface area contributed by atoms with E-state index in [0.717, 1.165) is 28.6 Å². The summed E-state index contributed by atoms with van der Waals surface area (Å²) in [5.41, 5.74) is 0.990. The first-order chi connectivity index (χ1) is 15.6. The standard InChI is InChI=1S/C20H14ClF3N6O3/c1-11-2-3-12(8-15(11)21)26-16(31)9-29-10-25-18-17(19(29)32)27-28-30(18)13-4-6-14(7-5-13)33-20(22,23)24/h2-8,10H,9H2,1H3,(H,26,31). The summed E-state index contributed by atoms with van der Waals surface area (Å²) in [6.45, 7) is 1.50. The molecule has 2 heterocycles. The Labute approximate surface area is 188 Å². The van der Waals surface area contributed by atoms with Gasteiger partial charge in [0.15, 0.2) is 11.2 Å². The van der Waals surface area contributed by atoms with E-state index in [-0.39, 0.29) is 17.7 Å². The maximum atomic E-state index is 12.7. The average Bonchev–Trinajstić information content (AvgIpc) is 3.17. The highest BCUT2D eigenvalue weighted by atomic mass is 35.5. The van der Waals surface area contributed by atoms with Gasteiger partial charge >= 0.3 is 6.36 Å². The molecule has 1 amide bonds. The van der Waals surface area contributed by atoms with Crippen LogP contribution >= 0.6 is 11.6 Å². The molecule has 4 rings (SSSR count). The van der Waals surface area contributed by atoms with Crippen molar-refractivity contribution in [3.63, 3.8) is 0 Å². The fourth-order valence-electron chi connectivity index (χ4n) is 2.95. The highest BCUT2D eigenvalue weighted by molar-refractivity contribution is 6.31. The Bertz CT molecular complexity index is 1400. The van der Waals surface area contributed by atoms with Crippen molar-refractivity contribution in [3.8, 4) is 11.4 Å². The molecule has 0 radical (unpaired) electrons. The lowest BCUT2D eigenvalue weighted by Gasteiger charge is -2.09. The van der Waals surface area contributed by atoms with Crippen LogP contribution in [0.25, 0.3) is 16.9 Å². The zero-order valence-corrected chi connectivity index (χ0v) is 17.6. The van der Waals surface area contributed by atoms with Gasteiger partial charge in [-0.25, -0.2) is 4.98 Å². The number of halogens is 4. The van der Waals surface area contributed by atoms with Gasteiger partial charge in [0, 0.05) is 10.7 Å². The van der Waals surface area contributed by atoms with Crippen LogP contribution in [0.2, 0.25) is 5.02 Å². The van der Waals surface area contributed by atoms with E-state index >= 15 is 0 Å². The summed E-state index contributed by atoms with van der Waals surface area (Å²) in [6.07, 6.45) is -3.65. The van der Waals surface area contributed by atoms with Crippen LogP contribution in [0.4, 0.5) is 18.9 Å². The van der Waals surface area contributed by atoms with E-state index in [2.05, 4.69) is 25.3 Å². The van der Waals surface area contributed by atoms with Crippen LogP contribution in [-0.4, -0.2) is 36.8 Å². The zero-order valence-electron chi connectivity index (χ0n) is 16.8. The monoisotopic (exact) mass is 478 g/mol. The normalized spacial score (nSPS) is 11.5. The van der Waals surface area contributed by atoms with Crippen LogP contribution < -0.4 is 15.6 Å². The molecule has 0 saturated carbocycles. The molecule has 0 aliphatic carbocycles. The van der Waals surface area contributed by atoms with Crippen LogP contribution in [-0.2, 0) is 11.3 Å². The van der Waals surface area contributed by atoms with Gasteiger partial charge in [-0.2, -0.15) is 4.68 Å². The van der Waals surface area contributed by atoms with Gasteiger partial charge < -0.3 is 10.1 Å². The maximum absolute atomic E-state index is 12.7. The van der Waals surface area contributed by atoms with E-state index in [0.29, 0.717) is 16.4 Å². The second-order valence-corrected chi connectivity index (χ2v) is 7.31. The van der Waals surface area contributed by atoms with Crippen molar-refractivity contribution in [1.29, 1.82) is 0 Å². The van der Waals surface area contributed by atoms with Crippen molar-refractivity contribution < 1.29 is 22.7 Å². The number of hydrogen-bond acceptors (Lipinski definition) is 6. The van der Waals surface area contributed by atoms with Crippen LogP contribution in [0.1, 0.15) is 5.56 Å². The van der Waals surface area contributed by atoms with Crippen LogP contribution in [0.3, 0.4) is 0 Å². The number of alkyl halides is 3. The number of rotatable bonds is 5. The molecule has 0 aliphatic rings. The molecule has 4 aromatic rings. The van der Waals surface area contributed by atoms with Crippen molar-refractivity contribution >= 4 is 34.4 Å². The Morgan fingerprint density at radius 1 is 1.18 bits per heavy atom. The highest BCUT2D eigenvalue weighted by Crippen LogP contribution is 2.24. The number of carbonyl (C=O) groups is 1. The lowest BCUT2D eigenvalue weighted by Crippen LogP contribution is -2.28. The molecule has 13 heteroatoms. The van der Waals surface area contributed by atoms with Gasteiger partial charge in [-0.15, -0.1) is 18.3 Å². The molecule has 2 aromatic carbocycles. The Morgan fingerprint density at radius 2 is 1.91 bits per heavy atom. The second kappa shape index (κ2) is 8.54. The molecule has 0 unspecified atom stereocenters. The summed E-state index contributed by atoms with van der Waals surface area (Å²) < 4.78 is 43.0. The number of aryl methyl sites for hydroxylation is 1. The van der Waals surface area contributed by atoms with Gasteiger partial charge in [-0.3, -0.25) is 14.2 Å². The van der Waals surface area contributed by atoms with E-state index in [1.165, 1.54) is 16.8 Å². The molecule has 0 spiro atoms. The molecule has 1 N–H and O–H groups in total. The number of benzene rings is 2. The van der Waals surface area contributed by atoms with Gasteiger partial charge in [0.1, 0.15) is 18.6 Å². The molecular weight excluding hydrogens is 465 g/mol. The first-order valence-electron chi connectivity index (χ1n) is 9.34. The molecule has 0 atom stereocenters. The first-order valence-corrected chi connectivity index (χ1v) is 9.71. The number of nitrogens with one attached hydrogen (secondary N) is 1. The number of ether oxygens (including phenoxy) is 1. The van der Waals surface area contributed by atoms with Gasteiger partial charge in [-0.1, -0.05) is 22.9 Å². The van der Waals surface area contributed by atoms with Crippen LogP contribution in [0.5, 0.6) is 5.75 Å². The van der Waals surface area contributed by atoms with Crippen molar-refractivity contribution in [1.82, 2.24) is 24.5 Å². The summed E-state index contributed by atoms with van der Waals surface area (Å²) in [4.78, 5) is 29.2. The predicted molar refractivity (Wildman–Crippen MR) is 112 cm³/mol. The lowest BCUT2D eigenvalue weighted by molar-refractivity contribution is -0.274. The predicted octanol–water partition coefficient (Wildman–Crippen LogP) is 3.48. The molecule has 170 valence electrons. The summed E-state index contributed by atoms with van der Waals surface area (Å²) in [7, 11) is 0. The molecular formula is C20H14ClF3N6O3. The second-order valence-electron chi connectivity index (χ2n) is 6.90. The number of amides is 1. The Kier molecular flexibility index (Phi) is 5.77. The van der Waals surface area contributed by atoms with E-state index in [9.17, 15) is 22.8 Å². The third kappa shape index (κ3) is 4.95. The molecule has 0 bridgehead atoms. The quantitative estimate of drug-likeness (QED) is 0.471. The minimum absolute atomic E-state index is 0.0754. The average molecular weight is 479 g/mol. The minimum Gasteiger partial charge on any atom is -0.406 e. The Morgan fingerprint density at radius 3 is 2.58 bits per heavy atom. The van der Waals surface area contributed by atoms with E-state index in [4.69, 9.17) is 11.6 Å². The number of anilines is 1. The number of carbonyl (C=O) groups excluding carboxylic acids is 1. The van der Waals surface area contributed by atoms with Crippen molar-refractivity contribution in [2.24, 2.45) is 0 Å². The summed E-state index contributed by atoms with van der Waals surface area (Å²) in [6, 6.07) is 9.83. The van der Waals surface area contributed by atoms with Gasteiger partial charge in [-0.05, 0) is 48.9 Å². The van der Waals surface area contributed by atoms with E-state index < -0.39 is 23.6 Å². The first kappa shape index (κ1) is 22.3.